The molecular weight excluding hydrogens is 344 g/mol. The molecule has 6 heteroatoms. The number of carbonyl (C=O) groups excluding carboxylic acids is 2. The standard InChI is InChI=1S/C21H26N2O4/c1-13-4-6-18-16(9-13)17-10-14(5-7-19(17)23-18)21(25)27-12-20(24)22-11-15-3-2-8-26-15/h5,7,10,13,15,23H,2-4,6,8-9,11-12H2,1H3,(H,22,24)/t13-,15-/m0/s1. The van der Waals surface area contributed by atoms with Gasteiger partial charge in [0, 0.05) is 29.7 Å². The normalized spacial score (nSPS) is 21.8. The maximum absolute atomic E-state index is 12.4. The molecule has 27 heavy (non-hydrogen) atoms. The molecule has 4 rings (SSSR count). The summed E-state index contributed by atoms with van der Waals surface area (Å²) >= 11 is 0. The number of esters is 1. The van der Waals surface area contributed by atoms with Gasteiger partial charge in [-0.05, 0) is 61.8 Å². The van der Waals surface area contributed by atoms with E-state index in [0.29, 0.717) is 18.0 Å². The lowest BCUT2D eigenvalue weighted by Gasteiger charge is -2.18. The van der Waals surface area contributed by atoms with Crippen LogP contribution in [0.15, 0.2) is 18.2 Å². The quantitative estimate of drug-likeness (QED) is 0.793. The summed E-state index contributed by atoms with van der Waals surface area (Å²) in [5.74, 6) is -0.115. The Morgan fingerprint density at radius 1 is 1.33 bits per heavy atom. The van der Waals surface area contributed by atoms with Crippen LogP contribution in [0.1, 0.15) is 47.8 Å². The molecule has 1 aliphatic heterocycles. The summed E-state index contributed by atoms with van der Waals surface area (Å²) in [6.07, 6.45) is 5.33. The van der Waals surface area contributed by atoms with Crippen LogP contribution in [0.3, 0.4) is 0 Å². The number of hydrogen-bond donors (Lipinski definition) is 2. The van der Waals surface area contributed by atoms with Gasteiger partial charge in [0.1, 0.15) is 0 Å². The lowest BCUT2D eigenvalue weighted by Crippen LogP contribution is -2.34. The van der Waals surface area contributed by atoms with Gasteiger partial charge in [0.15, 0.2) is 6.61 Å². The molecule has 2 aromatic rings. The van der Waals surface area contributed by atoms with Crippen molar-refractivity contribution in [3.8, 4) is 0 Å². The zero-order valence-corrected chi connectivity index (χ0v) is 15.7. The molecule has 0 unspecified atom stereocenters. The minimum absolute atomic E-state index is 0.0780. The van der Waals surface area contributed by atoms with Gasteiger partial charge in [-0.25, -0.2) is 4.79 Å². The highest BCUT2D eigenvalue weighted by Gasteiger charge is 2.21. The average molecular weight is 370 g/mol. The van der Waals surface area contributed by atoms with Gasteiger partial charge in [0.25, 0.3) is 5.91 Å². The maximum Gasteiger partial charge on any atom is 0.338 e. The Bertz CT molecular complexity index is 851. The van der Waals surface area contributed by atoms with E-state index < -0.39 is 5.97 Å². The van der Waals surface area contributed by atoms with Crippen LogP contribution < -0.4 is 5.32 Å². The lowest BCUT2D eigenvalue weighted by atomic mass is 9.87. The Balaban J connectivity index is 1.37. The Labute approximate surface area is 158 Å². The second-order valence-corrected chi connectivity index (χ2v) is 7.71. The zero-order valence-electron chi connectivity index (χ0n) is 15.7. The first-order chi connectivity index (χ1) is 13.1. The number of ether oxygens (including phenoxy) is 2. The lowest BCUT2D eigenvalue weighted by molar-refractivity contribution is -0.124. The van der Waals surface area contributed by atoms with Crippen LogP contribution in [0.5, 0.6) is 0 Å². The number of H-pyrrole nitrogens is 1. The predicted octanol–water partition coefficient (Wildman–Crippen LogP) is 2.74. The minimum atomic E-state index is -0.469. The maximum atomic E-state index is 12.4. The van der Waals surface area contributed by atoms with Gasteiger partial charge in [-0.2, -0.15) is 0 Å². The Kier molecular flexibility index (Phi) is 5.16. The molecule has 1 aromatic carbocycles. The first-order valence-electron chi connectivity index (χ1n) is 9.79. The van der Waals surface area contributed by atoms with Crippen molar-refractivity contribution in [3.63, 3.8) is 0 Å². The SMILES string of the molecule is C[C@H]1CCc2[nH]c3ccc(C(=O)OCC(=O)NC[C@@H]4CCCO4)cc3c2C1. The molecule has 1 aromatic heterocycles. The number of fused-ring (bicyclic) bond motifs is 3. The number of nitrogens with one attached hydrogen (secondary N) is 2. The van der Waals surface area contributed by atoms with E-state index in [-0.39, 0.29) is 18.6 Å². The number of aromatic amines is 1. The highest BCUT2D eigenvalue weighted by molar-refractivity contribution is 5.97. The van der Waals surface area contributed by atoms with Crippen molar-refractivity contribution in [2.75, 3.05) is 19.8 Å². The number of hydrogen-bond acceptors (Lipinski definition) is 4. The molecule has 6 nitrogen and oxygen atoms in total. The highest BCUT2D eigenvalue weighted by Crippen LogP contribution is 2.32. The van der Waals surface area contributed by atoms with Crippen molar-refractivity contribution < 1.29 is 19.1 Å². The second kappa shape index (κ2) is 7.72. The van der Waals surface area contributed by atoms with Gasteiger partial charge in [-0.15, -0.1) is 0 Å². The van der Waals surface area contributed by atoms with Gasteiger partial charge < -0.3 is 19.8 Å². The monoisotopic (exact) mass is 370 g/mol. The Morgan fingerprint density at radius 2 is 2.22 bits per heavy atom. The third-order valence-corrected chi connectivity index (χ3v) is 5.56. The molecule has 0 spiro atoms. The first kappa shape index (κ1) is 18.0. The third kappa shape index (κ3) is 4.00. The van der Waals surface area contributed by atoms with E-state index in [0.717, 1.165) is 43.2 Å². The fourth-order valence-electron chi connectivity index (χ4n) is 4.02. The molecule has 1 aliphatic carbocycles. The van der Waals surface area contributed by atoms with Crippen LogP contribution in [-0.4, -0.2) is 42.7 Å². The summed E-state index contributed by atoms with van der Waals surface area (Å²) in [7, 11) is 0. The largest absolute Gasteiger partial charge is 0.452 e. The van der Waals surface area contributed by atoms with Crippen LogP contribution in [0.25, 0.3) is 10.9 Å². The number of amides is 1. The molecule has 2 N–H and O–H groups in total. The predicted molar refractivity (Wildman–Crippen MR) is 102 cm³/mol. The Morgan fingerprint density at radius 3 is 3.04 bits per heavy atom. The summed E-state index contributed by atoms with van der Waals surface area (Å²) in [6, 6.07) is 5.56. The zero-order chi connectivity index (χ0) is 18.8. The summed E-state index contributed by atoms with van der Waals surface area (Å²) in [6.45, 7) is 3.20. The van der Waals surface area contributed by atoms with Crippen molar-refractivity contribution in [2.24, 2.45) is 5.92 Å². The average Bonchev–Trinajstić information content (AvgIpc) is 3.31. The van der Waals surface area contributed by atoms with Crippen LogP contribution in [0.4, 0.5) is 0 Å². The van der Waals surface area contributed by atoms with Crippen molar-refractivity contribution in [1.82, 2.24) is 10.3 Å². The molecule has 1 saturated heterocycles. The first-order valence-corrected chi connectivity index (χ1v) is 9.79. The van der Waals surface area contributed by atoms with Crippen molar-refractivity contribution in [1.29, 1.82) is 0 Å². The fraction of sp³-hybridized carbons (Fsp3) is 0.524. The van der Waals surface area contributed by atoms with Crippen LogP contribution in [-0.2, 0) is 27.1 Å². The molecule has 2 atom stereocenters. The van der Waals surface area contributed by atoms with Crippen molar-refractivity contribution >= 4 is 22.8 Å². The second-order valence-electron chi connectivity index (χ2n) is 7.71. The number of aromatic nitrogens is 1. The van der Waals surface area contributed by atoms with Gasteiger partial charge >= 0.3 is 5.97 Å². The molecule has 2 aliphatic rings. The number of carbonyl (C=O) groups is 2. The van der Waals surface area contributed by atoms with E-state index in [2.05, 4.69) is 17.2 Å². The summed E-state index contributed by atoms with van der Waals surface area (Å²) in [5, 5.41) is 3.85. The molecule has 0 radical (unpaired) electrons. The van der Waals surface area contributed by atoms with Gasteiger partial charge in [-0.1, -0.05) is 6.92 Å². The molecule has 1 fully saturated rings. The van der Waals surface area contributed by atoms with Gasteiger partial charge in [0.2, 0.25) is 0 Å². The molecule has 0 bridgehead atoms. The number of aryl methyl sites for hydroxylation is 1. The van der Waals surface area contributed by atoms with E-state index in [1.807, 2.05) is 12.1 Å². The van der Waals surface area contributed by atoms with Crippen LogP contribution in [0, 0.1) is 5.92 Å². The molecular formula is C21H26N2O4. The highest BCUT2D eigenvalue weighted by atomic mass is 16.5. The van der Waals surface area contributed by atoms with E-state index in [1.165, 1.54) is 17.7 Å². The number of rotatable bonds is 5. The van der Waals surface area contributed by atoms with E-state index in [9.17, 15) is 9.59 Å². The van der Waals surface area contributed by atoms with Crippen LogP contribution in [0.2, 0.25) is 0 Å². The topological polar surface area (TPSA) is 80.4 Å². The molecule has 2 heterocycles. The molecule has 0 saturated carbocycles. The van der Waals surface area contributed by atoms with E-state index in [1.54, 1.807) is 6.07 Å². The van der Waals surface area contributed by atoms with Gasteiger partial charge in [0.05, 0.1) is 11.7 Å². The smallest absolute Gasteiger partial charge is 0.338 e. The summed E-state index contributed by atoms with van der Waals surface area (Å²) < 4.78 is 10.7. The van der Waals surface area contributed by atoms with E-state index in [4.69, 9.17) is 9.47 Å². The Hall–Kier alpha value is -2.34. The van der Waals surface area contributed by atoms with Gasteiger partial charge in [-0.3, -0.25) is 4.79 Å². The third-order valence-electron chi connectivity index (χ3n) is 5.56. The number of benzene rings is 1. The fourth-order valence-corrected chi connectivity index (χ4v) is 4.02. The minimum Gasteiger partial charge on any atom is -0.452 e. The molecule has 144 valence electrons. The van der Waals surface area contributed by atoms with Crippen LogP contribution >= 0.6 is 0 Å². The summed E-state index contributed by atoms with van der Waals surface area (Å²) in [5.41, 5.74) is 4.13. The summed E-state index contributed by atoms with van der Waals surface area (Å²) in [4.78, 5) is 27.7. The van der Waals surface area contributed by atoms with Crippen molar-refractivity contribution in [2.45, 2.75) is 45.1 Å². The molecule has 1 amide bonds. The van der Waals surface area contributed by atoms with E-state index >= 15 is 0 Å². The van der Waals surface area contributed by atoms with Crippen molar-refractivity contribution in [3.05, 3.63) is 35.0 Å².